The van der Waals surface area contributed by atoms with Gasteiger partial charge in [-0.1, -0.05) is 12.1 Å². The Kier molecular flexibility index (Phi) is 7.12. The van der Waals surface area contributed by atoms with E-state index in [-0.39, 0.29) is 23.6 Å². The van der Waals surface area contributed by atoms with E-state index in [4.69, 9.17) is 13.9 Å². The molecule has 2 aliphatic heterocycles. The van der Waals surface area contributed by atoms with Gasteiger partial charge in [0, 0.05) is 43.7 Å². The van der Waals surface area contributed by atoms with Crippen LogP contribution in [-0.2, 0) is 9.53 Å². The lowest BCUT2D eigenvalue weighted by Gasteiger charge is -2.29. The molecule has 0 unspecified atom stereocenters. The summed E-state index contributed by atoms with van der Waals surface area (Å²) in [5.74, 6) is -1.59. The average molecular weight is 522 g/mol. The van der Waals surface area contributed by atoms with E-state index < -0.39 is 28.4 Å². The van der Waals surface area contributed by atoms with E-state index in [1.807, 2.05) is 0 Å². The van der Waals surface area contributed by atoms with Gasteiger partial charge in [-0.25, -0.2) is 0 Å². The van der Waals surface area contributed by atoms with E-state index in [0.29, 0.717) is 48.5 Å². The zero-order valence-corrected chi connectivity index (χ0v) is 20.8. The van der Waals surface area contributed by atoms with Crippen molar-refractivity contribution in [3.8, 4) is 5.75 Å². The minimum Gasteiger partial charge on any atom is -0.503 e. The number of aliphatic hydroxyl groups excluding tert-OH is 1. The number of aliphatic hydroxyl groups is 1. The van der Waals surface area contributed by atoms with Crippen LogP contribution in [0.2, 0.25) is 0 Å². The highest BCUT2D eigenvalue weighted by Gasteiger charge is 2.44. The predicted molar refractivity (Wildman–Crippen MR) is 136 cm³/mol. The van der Waals surface area contributed by atoms with Crippen molar-refractivity contribution in [2.45, 2.75) is 12.5 Å². The van der Waals surface area contributed by atoms with Gasteiger partial charge in [-0.2, -0.15) is 0 Å². The molecule has 0 spiro atoms. The van der Waals surface area contributed by atoms with E-state index in [1.54, 1.807) is 24.3 Å². The number of hydrogen-bond acceptors (Lipinski definition) is 9. The Balaban J connectivity index is 1.48. The standard InChI is InChI=1S/C27H27N3O8/c1-36-20-5-2-4-18-16-21(38-26(18)20)24(31)22-23(17-6-8-19(9-7-17)30(34)35)29(27(33)25(22)32)11-3-10-28-12-14-37-15-13-28/h2,4-9,16,23,32H,3,10-15H2,1H3/t23-/m0/s1. The molecule has 0 aliphatic carbocycles. The lowest BCUT2D eigenvalue weighted by molar-refractivity contribution is -0.384. The van der Waals surface area contributed by atoms with Gasteiger partial charge in [0.05, 0.1) is 36.9 Å². The molecular formula is C27H27N3O8. The number of hydrogen-bond donors (Lipinski definition) is 1. The van der Waals surface area contributed by atoms with E-state index in [1.165, 1.54) is 36.3 Å². The summed E-state index contributed by atoms with van der Waals surface area (Å²) in [6.07, 6.45) is 0.603. The second-order valence-corrected chi connectivity index (χ2v) is 9.14. The number of ketones is 1. The summed E-state index contributed by atoms with van der Waals surface area (Å²) in [5.41, 5.74) is 0.587. The number of benzene rings is 2. The Bertz CT molecular complexity index is 1410. The number of carbonyl (C=O) groups is 2. The quantitative estimate of drug-likeness (QED) is 0.254. The maximum Gasteiger partial charge on any atom is 0.290 e. The molecule has 11 heteroatoms. The first kappa shape index (κ1) is 25.4. The number of fused-ring (bicyclic) bond motifs is 1. The minimum atomic E-state index is -0.935. The SMILES string of the molecule is COc1cccc2cc(C(=O)C3=C(O)C(=O)N(CCCN4CCOCC4)[C@H]3c3ccc([N+](=O)[O-])cc3)oc12. The largest absolute Gasteiger partial charge is 0.503 e. The molecule has 3 aromatic rings. The summed E-state index contributed by atoms with van der Waals surface area (Å²) < 4.78 is 16.5. The number of morpholine rings is 1. The Morgan fingerprint density at radius 3 is 2.58 bits per heavy atom. The highest BCUT2D eigenvalue weighted by molar-refractivity contribution is 6.16. The molecule has 11 nitrogen and oxygen atoms in total. The third-order valence-corrected chi connectivity index (χ3v) is 6.90. The summed E-state index contributed by atoms with van der Waals surface area (Å²) in [6.45, 7) is 3.87. The molecule has 1 saturated heterocycles. The van der Waals surface area contributed by atoms with Crippen molar-refractivity contribution in [3.05, 3.63) is 81.3 Å². The fourth-order valence-electron chi connectivity index (χ4n) is 4.97. The molecule has 0 saturated carbocycles. The van der Waals surface area contributed by atoms with Crippen molar-refractivity contribution in [3.63, 3.8) is 0 Å². The maximum absolute atomic E-state index is 13.7. The van der Waals surface area contributed by atoms with Crippen molar-refractivity contribution < 1.29 is 33.5 Å². The minimum absolute atomic E-state index is 0.0547. The first-order valence-electron chi connectivity index (χ1n) is 12.3. The fraction of sp³-hybridized carbons (Fsp3) is 0.333. The van der Waals surface area contributed by atoms with E-state index in [9.17, 15) is 24.8 Å². The third kappa shape index (κ3) is 4.73. The van der Waals surface area contributed by atoms with Gasteiger partial charge in [0.2, 0.25) is 5.78 Å². The molecule has 2 aliphatic rings. The molecule has 1 aromatic heterocycles. The maximum atomic E-state index is 13.7. The molecule has 38 heavy (non-hydrogen) atoms. The van der Waals surface area contributed by atoms with Crippen LogP contribution in [0.25, 0.3) is 11.0 Å². The van der Waals surface area contributed by atoms with Crippen LogP contribution >= 0.6 is 0 Å². The van der Waals surface area contributed by atoms with Crippen LogP contribution in [0.3, 0.4) is 0 Å². The van der Waals surface area contributed by atoms with Gasteiger partial charge in [-0.3, -0.25) is 24.6 Å². The van der Waals surface area contributed by atoms with Gasteiger partial charge in [-0.05, 0) is 36.2 Å². The number of nitrogens with zero attached hydrogens (tertiary/aromatic N) is 3. The van der Waals surface area contributed by atoms with Crippen LogP contribution < -0.4 is 4.74 Å². The Morgan fingerprint density at radius 1 is 1.16 bits per heavy atom. The van der Waals surface area contributed by atoms with Crippen LogP contribution in [0, 0.1) is 10.1 Å². The summed E-state index contributed by atoms with van der Waals surface area (Å²) in [6, 6.07) is 11.5. The molecular weight excluding hydrogens is 494 g/mol. The number of nitro groups is 1. The Labute approximate surface area is 218 Å². The van der Waals surface area contributed by atoms with Crippen molar-refractivity contribution >= 4 is 28.3 Å². The highest BCUT2D eigenvalue weighted by Crippen LogP contribution is 2.40. The fourth-order valence-corrected chi connectivity index (χ4v) is 4.97. The topological polar surface area (TPSA) is 136 Å². The van der Waals surface area contributed by atoms with Gasteiger partial charge < -0.3 is 23.9 Å². The predicted octanol–water partition coefficient (Wildman–Crippen LogP) is 3.65. The van der Waals surface area contributed by atoms with Crippen molar-refractivity contribution in [1.29, 1.82) is 0 Å². The molecule has 1 atom stereocenters. The second-order valence-electron chi connectivity index (χ2n) is 9.14. The van der Waals surface area contributed by atoms with Gasteiger partial charge in [-0.15, -0.1) is 0 Å². The summed E-state index contributed by atoms with van der Waals surface area (Å²) >= 11 is 0. The van der Waals surface area contributed by atoms with Crippen LogP contribution in [0.4, 0.5) is 5.69 Å². The number of ether oxygens (including phenoxy) is 2. The second kappa shape index (κ2) is 10.6. The normalized spacial score (nSPS) is 18.4. The Morgan fingerprint density at radius 2 is 1.89 bits per heavy atom. The number of Topliss-reactive ketones (excluding diaryl/α,β-unsaturated/α-hetero) is 1. The smallest absolute Gasteiger partial charge is 0.290 e. The molecule has 1 N–H and O–H groups in total. The van der Waals surface area contributed by atoms with E-state index in [2.05, 4.69) is 4.90 Å². The summed E-state index contributed by atoms with van der Waals surface area (Å²) in [7, 11) is 1.49. The molecule has 3 heterocycles. The van der Waals surface area contributed by atoms with E-state index in [0.717, 1.165) is 13.1 Å². The van der Waals surface area contributed by atoms with Gasteiger partial charge in [0.1, 0.15) is 0 Å². The van der Waals surface area contributed by atoms with E-state index >= 15 is 0 Å². The number of furan rings is 1. The van der Waals surface area contributed by atoms with Gasteiger partial charge in [0.15, 0.2) is 22.9 Å². The summed E-state index contributed by atoms with van der Waals surface area (Å²) in [4.78, 5) is 41.3. The number of methoxy groups -OCH3 is 1. The zero-order valence-electron chi connectivity index (χ0n) is 20.8. The van der Waals surface area contributed by atoms with Crippen LogP contribution in [0.1, 0.15) is 28.6 Å². The highest BCUT2D eigenvalue weighted by atomic mass is 16.6. The van der Waals surface area contributed by atoms with Crippen LogP contribution in [-0.4, -0.2) is 78.0 Å². The molecule has 5 rings (SSSR count). The number of amides is 1. The van der Waals surface area contributed by atoms with Crippen molar-refractivity contribution in [2.75, 3.05) is 46.5 Å². The van der Waals surface area contributed by atoms with Gasteiger partial charge in [0.25, 0.3) is 11.6 Å². The first-order valence-corrected chi connectivity index (χ1v) is 12.3. The number of nitro benzene ring substituents is 1. The van der Waals surface area contributed by atoms with Crippen molar-refractivity contribution in [1.82, 2.24) is 9.80 Å². The molecule has 1 fully saturated rings. The summed E-state index contributed by atoms with van der Waals surface area (Å²) in [5, 5.41) is 22.7. The van der Waals surface area contributed by atoms with Gasteiger partial charge >= 0.3 is 0 Å². The number of non-ortho nitro benzene ring substituents is 1. The molecule has 2 aromatic carbocycles. The zero-order chi connectivity index (χ0) is 26.8. The average Bonchev–Trinajstić information content (AvgIpc) is 3.48. The lowest BCUT2D eigenvalue weighted by atomic mass is 9.94. The van der Waals surface area contributed by atoms with Crippen molar-refractivity contribution in [2.24, 2.45) is 0 Å². The first-order chi connectivity index (χ1) is 18.4. The lowest BCUT2D eigenvalue weighted by Crippen LogP contribution is -2.39. The molecule has 0 radical (unpaired) electrons. The molecule has 0 bridgehead atoms. The number of para-hydroxylation sites is 1. The van der Waals surface area contributed by atoms with Crippen LogP contribution in [0.15, 0.2) is 64.3 Å². The monoisotopic (exact) mass is 521 g/mol. The molecule has 198 valence electrons. The molecule has 1 amide bonds. The number of carbonyl (C=O) groups excluding carboxylic acids is 2. The third-order valence-electron chi connectivity index (χ3n) is 6.90. The van der Waals surface area contributed by atoms with Crippen LogP contribution in [0.5, 0.6) is 5.75 Å². The Hall–Kier alpha value is -4.22. The number of rotatable bonds is 9.